The van der Waals surface area contributed by atoms with Crippen molar-refractivity contribution in [2.24, 2.45) is 0 Å². The van der Waals surface area contributed by atoms with E-state index in [0.717, 1.165) is 93.8 Å². The van der Waals surface area contributed by atoms with E-state index in [1.807, 2.05) is 127 Å². The van der Waals surface area contributed by atoms with Crippen LogP contribution >= 0.6 is 0 Å². The van der Waals surface area contributed by atoms with E-state index in [2.05, 4.69) is 102 Å². The van der Waals surface area contributed by atoms with Gasteiger partial charge in [0.2, 0.25) is 5.95 Å². The summed E-state index contributed by atoms with van der Waals surface area (Å²) in [6.45, 7) is 0. The Labute approximate surface area is 390 Å². The molecule has 0 aliphatic rings. The fourth-order valence-electron chi connectivity index (χ4n) is 9.28. The number of nitrogens with zero attached hydrogens (tertiary/aromatic N) is 7. The summed E-state index contributed by atoms with van der Waals surface area (Å²) in [7, 11) is 0. The summed E-state index contributed by atoms with van der Waals surface area (Å²) in [6, 6.07) is 76.6. The average Bonchev–Trinajstić information content (AvgIpc) is 3.97. The predicted octanol–water partition coefficient (Wildman–Crippen LogP) is 14.7. The molecule has 8 heteroatoms. The Balaban J connectivity index is 0.926. The molecule has 13 aromatic rings. The SMILES string of the molecule is c1ccc(-c2nc(-c3ccccc3)nc(-c3cccc(-c4cccc5oc6ccc(-c7ccc8c(c7)c7ccccc7n8-c7nc(-c8ccccc8)nc(-c8ccccc8)n7)cc6c45)c3)n2)cc1. The monoisotopic (exact) mass is 871 g/mol. The highest BCUT2D eigenvalue weighted by molar-refractivity contribution is 6.14. The van der Waals surface area contributed by atoms with Crippen molar-refractivity contribution >= 4 is 43.7 Å². The van der Waals surface area contributed by atoms with Crippen molar-refractivity contribution in [3.63, 3.8) is 0 Å². The highest BCUT2D eigenvalue weighted by atomic mass is 16.3. The van der Waals surface area contributed by atoms with Crippen LogP contribution in [0.3, 0.4) is 0 Å². The zero-order valence-electron chi connectivity index (χ0n) is 36.4. The molecule has 9 aromatic carbocycles. The van der Waals surface area contributed by atoms with Crippen LogP contribution in [0.4, 0.5) is 0 Å². The Morgan fingerprint density at radius 2 is 0.735 bits per heavy atom. The van der Waals surface area contributed by atoms with Gasteiger partial charge in [-0.05, 0) is 64.7 Å². The van der Waals surface area contributed by atoms with Crippen molar-refractivity contribution in [3.05, 3.63) is 224 Å². The second-order valence-corrected chi connectivity index (χ2v) is 16.7. The smallest absolute Gasteiger partial charge is 0.238 e. The Morgan fingerprint density at radius 3 is 1.34 bits per heavy atom. The van der Waals surface area contributed by atoms with Crippen LogP contribution in [0.2, 0.25) is 0 Å². The van der Waals surface area contributed by atoms with Crippen LogP contribution in [0.5, 0.6) is 0 Å². The maximum atomic E-state index is 6.56. The van der Waals surface area contributed by atoms with Gasteiger partial charge >= 0.3 is 0 Å². The molecule has 0 radical (unpaired) electrons. The van der Waals surface area contributed by atoms with Crippen LogP contribution in [-0.2, 0) is 0 Å². The fraction of sp³-hybridized carbons (Fsp3) is 0. The second kappa shape index (κ2) is 16.2. The third-order valence-corrected chi connectivity index (χ3v) is 12.5. The van der Waals surface area contributed by atoms with Crippen LogP contribution in [0.1, 0.15) is 0 Å². The number of para-hydroxylation sites is 1. The summed E-state index contributed by atoms with van der Waals surface area (Å²) in [5, 5.41) is 4.28. The first-order valence-electron chi connectivity index (χ1n) is 22.5. The van der Waals surface area contributed by atoms with Gasteiger partial charge in [0.15, 0.2) is 29.1 Å². The van der Waals surface area contributed by atoms with Crippen molar-refractivity contribution < 1.29 is 4.42 Å². The second-order valence-electron chi connectivity index (χ2n) is 16.7. The van der Waals surface area contributed by atoms with E-state index in [1.54, 1.807) is 0 Å². The first-order chi connectivity index (χ1) is 33.7. The molecule has 8 nitrogen and oxygen atoms in total. The van der Waals surface area contributed by atoms with Gasteiger partial charge in [-0.1, -0.05) is 182 Å². The van der Waals surface area contributed by atoms with Crippen molar-refractivity contribution in [2.45, 2.75) is 0 Å². The first-order valence-corrected chi connectivity index (χ1v) is 22.5. The molecule has 0 saturated heterocycles. The average molecular weight is 872 g/mol. The van der Waals surface area contributed by atoms with Gasteiger partial charge in [0.1, 0.15) is 11.2 Å². The number of hydrogen-bond donors (Lipinski definition) is 0. The minimum absolute atomic E-state index is 0.559. The molecule has 0 atom stereocenters. The molecule has 0 aliphatic carbocycles. The number of fused-ring (bicyclic) bond motifs is 6. The van der Waals surface area contributed by atoms with Crippen molar-refractivity contribution in [1.82, 2.24) is 34.5 Å². The molecule has 0 bridgehead atoms. The first kappa shape index (κ1) is 39.0. The number of furan rings is 1. The van der Waals surface area contributed by atoms with E-state index in [9.17, 15) is 0 Å². The normalized spacial score (nSPS) is 11.5. The molecule has 0 aliphatic heterocycles. The highest BCUT2D eigenvalue weighted by Gasteiger charge is 2.20. The van der Waals surface area contributed by atoms with Crippen LogP contribution in [0.25, 0.3) is 129 Å². The summed E-state index contributed by atoms with van der Waals surface area (Å²) in [4.78, 5) is 30.2. The summed E-state index contributed by atoms with van der Waals surface area (Å²) in [5.41, 5.74) is 12.5. The van der Waals surface area contributed by atoms with E-state index in [0.29, 0.717) is 35.1 Å². The maximum Gasteiger partial charge on any atom is 0.238 e. The Bertz CT molecular complexity index is 3900. The summed E-state index contributed by atoms with van der Waals surface area (Å²) >= 11 is 0. The highest BCUT2D eigenvalue weighted by Crippen LogP contribution is 2.41. The molecular formula is C60H37N7O. The molecule has 0 saturated carbocycles. The third-order valence-electron chi connectivity index (χ3n) is 12.5. The lowest BCUT2D eigenvalue weighted by molar-refractivity contribution is 0.669. The summed E-state index contributed by atoms with van der Waals surface area (Å²) in [6.07, 6.45) is 0. The lowest BCUT2D eigenvalue weighted by Crippen LogP contribution is -2.06. The molecular weight excluding hydrogens is 835 g/mol. The molecule has 4 heterocycles. The lowest BCUT2D eigenvalue weighted by atomic mass is 9.96. The van der Waals surface area contributed by atoms with E-state index < -0.39 is 0 Å². The largest absolute Gasteiger partial charge is 0.456 e. The third kappa shape index (κ3) is 6.87. The molecule has 68 heavy (non-hydrogen) atoms. The predicted molar refractivity (Wildman–Crippen MR) is 273 cm³/mol. The molecule has 318 valence electrons. The lowest BCUT2D eigenvalue weighted by Gasteiger charge is -2.11. The Morgan fingerprint density at radius 1 is 0.279 bits per heavy atom. The fourth-order valence-corrected chi connectivity index (χ4v) is 9.28. The number of benzene rings is 9. The maximum absolute atomic E-state index is 6.56. The van der Waals surface area contributed by atoms with Gasteiger partial charge < -0.3 is 4.42 Å². The molecule has 0 N–H and O–H groups in total. The van der Waals surface area contributed by atoms with Gasteiger partial charge in [0.05, 0.1) is 11.0 Å². The number of aromatic nitrogens is 7. The van der Waals surface area contributed by atoms with E-state index in [-0.39, 0.29) is 0 Å². The van der Waals surface area contributed by atoms with Crippen LogP contribution < -0.4 is 0 Å². The summed E-state index contributed by atoms with van der Waals surface area (Å²) in [5.74, 6) is 3.64. The molecule has 0 spiro atoms. The molecule has 4 aromatic heterocycles. The van der Waals surface area contributed by atoms with Crippen molar-refractivity contribution in [3.8, 4) is 85.1 Å². The van der Waals surface area contributed by atoms with E-state index in [1.165, 1.54) is 0 Å². The summed E-state index contributed by atoms with van der Waals surface area (Å²) < 4.78 is 8.71. The molecule has 13 rings (SSSR count). The topological polar surface area (TPSA) is 95.4 Å². The minimum Gasteiger partial charge on any atom is -0.456 e. The van der Waals surface area contributed by atoms with Crippen LogP contribution in [0, 0.1) is 0 Å². The van der Waals surface area contributed by atoms with Crippen LogP contribution in [-0.4, -0.2) is 34.5 Å². The van der Waals surface area contributed by atoms with Gasteiger partial charge in [-0.15, -0.1) is 0 Å². The zero-order chi connectivity index (χ0) is 45.0. The number of rotatable bonds is 8. The minimum atomic E-state index is 0.559. The standard InChI is InChI=1S/C60H37N7O/c1-5-17-38(18-6-1)55-61-56(39-19-7-2-8-20-39)63-59(62-55)45-26-15-25-44(35-45)46-28-16-30-53-54(46)49-37-43(32-34-52(49)68-53)42-31-33-51-48(36-42)47-27-13-14-29-50(47)67(51)60-65-57(40-21-9-3-10-22-40)64-58(66-60)41-23-11-4-12-24-41/h1-37H. The van der Waals surface area contributed by atoms with Gasteiger partial charge in [-0.2, -0.15) is 9.97 Å². The zero-order valence-corrected chi connectivity index (χ0v) is 36.4. The van der Waals surface area contributed by atoms with Crippen molar-refractivity contribution in [2.75, 3.05) is 0 Å². The van der Waals surface area contributed by atoms with Crippen molar-refractivity contribution in [1.29, 1.82) is 0 Å². The van der Waals surface area contributed by atoms with Gasteiger partial charge in [0, 0.05) is 49.4 Å². The Kier molecular flexibility index (Phi) is 9.31. The van der Waals surface area contributed by atoms with E-state index >= 15 is 0 Å². The van der Waals surface area contributed by atoms with Gasteiger partial charge in [-0.25, -0.2) is 19.9 Å². The van der Waals surface area contributed by atoms with E-state index in [4.69, 9.17) is 34.3 Å². The van der Waals surface area contributed by atoms with Crippen LogP contribution in [0.15, 0.2) is 229 Å². The molecule has 0 fully saturated rings. The number of hydrogen-bond acceptors (Lipinski definition) is 7. The van der Waals surface area contributed by atoms with Gasteiger partial charge in [0.25, 0.3) is 0 Å². The quantitative estimate of drug-likeness (QED) is 0.150. The van der Waals surface area contributed by atoms with Gasteiger partial charge in [-0.3, -0.25) is 4.57 Å². The Hall–Kier alpha value is -9.40. The molecule has 0 amide bonds. The molecule has 0 unspecified atom stereocenters.